The Kier molecular flexibility index (Phi) is 2.75. The number of amides is 1. The smallest absolute Gasteiger partial charge is 0.264 e. The Labute approximate surface area is 112 Å². The van der Waals surface area contributed by atoms with Gasteiger partial charge < -0.3 is 9.64 Å². The molecular weight excluding hydrogens is 238 g/mol. The van der Waals surface area contributed by atoms with Gasteiger partial charge in [-0.15, -0.1) is 0 Å². The van der Waals surface area contributed by atoms with Gasteiger partial charge in [0.1, 0.15) is 5.75 Å². The normalized spacial score (nSPS) is 14.0. The molecule has 0 aliphatic carbocycles. The number of carbonyl (C=O) groups is 1. The van der Waals surface area contributed by atoms with E-state index in [-0.39, 0.29) is 12.5 Å². The summed E-state index contributed by atoms with van der Waals surface area (Å²) in [6, 6.07) is 14.3. The van der Waals surface area contributed by atoms with Crippen LogP contribution in [0.5, 0.6) is 5.75 Å². The van der Waals surface area contributed by atoms with Crippen molar-refractivity contribution in [2.45, 2.75) is 6.92 Å². The fraction of sp³-hybridized carbons (Fsp3) is 0.188. The third kappa shape index (κ3) is 2.08. The molecule has 0 aromatic heterocycles. The van der Waals surface area contributed by atoms with Crippen LogP contribution in [0.4, 0.5) is 5.69 Å². The second-order valence-electron chi connectivity index (χ2n) is 4.79. The van der Waals surface area contributed by atoms with Gasteiger partial charge >= 0.3 is 0 Å². The van der Waals surface area contributed by atoms with Crippen molar-refractivity contribution in [2.75, 3.05) is 18.6 Å². The SMILES string of the molecule is Cc1ccc(-c2ccc3c(c2)OCC(=O)N3C)cc1. The minimum Gasteiger partial charge on any atom is -0.482 e. The van der Waals surface area contributed by atoms with E-state index < -0.39 is 0 Å². The molecule has 1 amide bonds. The molecule has 0 spiro atoms. The molecule has 0 unspecified atom stereocenters. The number of aryl methyl sites for hydroxylation is 1. The Hall–Kier alpha value is -2.29. The third-order valence-electron chi connectivity index (χ3n) is 3.43. The van der Waals surface area contributed by atoms with Crippen molar-refractivity contribution in [3.05, 3.63) is 48.0 Å². The summed E-state index contributed by atoms with van der Waals surface area (Å²) in [5.74, 6) is 0.746. The van der Waals surface area contributed by atoms with Crippen LogP contribution in [0.25, 0.3) is 11.1 Å². The first-order chi connectivity index (χ1) is 9.15. The molecule has 3 rings (SSSR count). The Balaban J connectivity index is 2.02. The zero-order valence-electron chi connectivity index (χ0n) is 11.0. The molecule has 0 fully saturated rings. The van der Waals surface area contributed by atoms with Crippen LogP contribution in [0.15, 0.2) is 42.5 Å². The number of rotatable bonds is 1. The molecule has 2 aromatic rings. The van der Waals surface area contributed by atoms with Crippen LogP contribution in [-0.2, 0) is 4.79 Å². The van der Waals surface area contributed by atoms with Crippen molar-refractivity contribution >= 4 is 11.6 Å². The lowest BCUT2D eigenvalue weighted by atomic mass is 10.0. The Bertz CT molecular complexity index is 632. The van der Waals surface area contributed by atoms with Crippen LogP contribution in [0, 0.1) is 6.92 Å². The number of hydrogen-bond acceptors (Lipinski definition) is 2. The number of ether oxygens (including phenoxy) is 1. The number of benzene rings is 2. The topological polar surface area (TPSA) is 29.5 Å². The maximum absolute atomic E-state index is 11.6. The lowest BCUT2D eigenvalue weighted by Gasteiger charge is -2.26. The molecule has 3 nitrogen and oxygen atoms in total. The highest BCUT2D eigenvalue weighted by Crippen LogP contribution is 2.35. The summed E-state index contributed by atoms with van der Waals surface area (Å²) in [5, 5.41) is 0. The Morgan fingerprint density at radius 1 is 1.05 bits per heavy atom. The van der Waals surface area contributed by atoms with E-state index in [9.17, 15) is 4.79 Å². The van der Waals surface area contributed by atoms with E-state index in [0.29, 0.717) is 0 Å². The average molecular weight is 253 g/mol. The van der Waals surface area contributed by atoms with Gasteiger partial charge in [0.05, 0.1) is 5.69 Å². The second kappa shape index (κ2) is 4.43. The van der Waals surface area contributed by atoms with Gasteiger partial charge in [0.15, 0.2) is 6.61 Å². The van der Waals surface area contributed by atoms with Gasteiger partial charge in [-0.2, -0.15) is 0 Å². The first kappa shape index (κ1) is 11.8. The van der Waals surface area contributed by atoms with Crippen molar-refractivity contribution in [3.8, 4) is 16.9 Å². The molecule has 0 atom stereocenters. The summed E-state index contributed by atoms with van der Waals surface area (Å²) < 4.78 is 5.50. The fourth-order valence-corrected chi connectivity index (χ4v) is 2.20. The molecule has 0 bridgehead atoms. The first-order valence-electron chi connectivity index (χ1n) is 6.25. The molecule has 0 saturated heterocycles. The van der Waals surface area contributed by atoms with E-state index in [1.165, 1.54) is 5.56 Å². The number of carbonyl (C=O) groups excluding carboxylic acids is 1. The number of anilines is 1. The van der Waals surface area contributed by atoms with E-state index >= 15 is 0 Å². The lowest BCUT2D eigenvalue weighted by molar-refractivity contribution is -0.120. The molecule has 1 aliphatic rings. The van der Waals surface area contributed by atoms with Gasteiger partial charge in [0, 0.05) is 7.05 Å². The minimum atomic E-state index is -0.0180. The Morgan fingerprint density at radius 2 is 1.74 bits per heavy atom. The monoisotopic (exact) mass is 253 g/mol. The van der Waals surface area contributed by atoms with Crippen LogP contribution < -0.4 is 9.64 Å². The van der Waals surface area contributed by atoms with Crippen LogP contribution in [0.3, 0.4) is 0 Å². The standard InChI is InChI=1S/C16H15NO2/c1-11-3-5-12(6-4-11)13-7-8-14-15(9-13)19-10-16(18)17(14)2/h3-9H,10H2,1-2H3. The van der Waals surface area contributed by atoms with Crippen molar-refractivity contribution in [1.82, 2.24) is 0 Å². The Morgan fingerprint density at radius 3 is 2.47 bits per heavy atom. The summed E-state index contributed by atoms with van der Waals surface area (Å²) in [4.78, 5) is 13.2. The van der Waals surface area contributed by atoms with Crippen molar-refractivity contribution in [3.63, 3.8) is 0 Å². The number of likely N-dealkylation sites (N-methyl/N-ethyl adjacent to an activating group) is 1. The zero-order chi connectivity index (χ0) is 13.4. The predicted octanol–water partition coefficient (Wildman–Crippen LogP) is 3.02. The van der Waals surface area contributed by atoms with E-state index in [4.69, 9.17) is 4.74 Å². The average Bonchev–Trinajstić information content (AvgIpc) is 2.43. The molecule has 96 valence electrons. The second-order valence-corrected chi connectivity index (χ2v) is 4.79. The summed E-state index contributed by atoms with van der Waals surface area (Å²) in [7, 11) is 1.77. The summed E-state index contributed by atoms with van der Waals surface area (Å²) in [6.07, 6.45) is 0. The first-order valence-corrected chi connectivity index (χ1v) is 6.25. The largest absolute Gasteiger partial charge is 0.482 e. The van der Waals surface area contributed by atoms with Gasteiger partial charge in [-0.25, -0.2) is 0 Å². The molecule has 19 heavy (non-hydrogen) atoms. The van der Waals surface area contributed by atoms with E-state index in [1.807, 2.05) is 18.2 Å². The van der Waals surface area contributed by atoms with Crippen molar-refractivity contribution in [2.24, 2.45) is 0 Å². The molecule has 1 heterocycles. The highest BCUT2D eigenvalue weighted by atomic mass is 16.5. The van der Waals surface area contributed by atoms with Crippen molar-refractivity contribution in [1.29, 1.82) is 0 Å². The predicted molar refractivity (Wildman–Crippen MR) is 75.5 cm³/mol. The van der Waals surface area contributed by atoms with Gasteiger partial charge in [-0.1, -0.05) is 35.9 Å². The van der Waals surface area contributed by atoms with E-state index in [1.54, 1.807) is 11.9 Å². The lowest BCUT2D eigenvalue weighted by Crippen LogP contribution is -2.35. The van der Waals surface area contributed by atoms with Crippen LogP contribution >= 0.6 is 0 Å². The highest BCUT2D eigenvalue weighted by molar-refractivity contribution is 5.97. The quantitative estimate of drug-likeness (QED) is 0.782. The minimum absolute atomic E-state index is 0.0180. The summed E-state index contributed by atoms with van der Waals surface area (Å²) in [5.41, 5.74) is 4.31. The number of hydrogen-bond donors (Lipinski definition) is 0. The third-order valence-corrected chi connectivity index (χ3v) is 3.43. The fourth-order valence-electron chi connectivity index (χ4n) is 2.20. The molecule has 2 aromatic carbocycles. The molecule has 0 saturated carbocycles. The van der Waals surface area contributed by atoms with Gasteiger partial charge in [0.25, 0.3) is 5.91 Å². The van der Waals surface area contributed by atoms with Crippen LogP contribution in [-0.4, -0.2) is 19.6 Å². The van der Waals surface area contributed by atoms with Gasteiger partial charge in [-0.05, 0) is 30.2 Å². The zero-order valence-corrected chi connectivity index (χ0v) is 11.0. The van der Waals surface area contributed by atoms with Gasteiger partial charge in [-0.3, -0.25) is 4.79 Å². The van der Waals surface area contributed by atoms with Crippen LogP contribution in [0.1, 0.15) is 5.56 Å². The number of fused-ring (bicyclic) bond motifs is 1. The maximum Gasteiger partial charge on any atom is 0.264 e. The summed E-state index contributed by atoms with van der Waals surface area (Å²) in [6.45, 7) is 2.18. The maximum atomic E-state index is 11.6. The molecule has 1 aliphatic heterocycles. The van der Waals surface area contributed by atoms with Crippen molar-refractivity contribution < 1.29 is 9.53 Å². The molecule has 3 heteroatoms. The van der Waals surface area contributed by atoms with Gasteiger partial charge in [0.2, 0.25) is 0 Å². The number of nitrogens with zero attached hydrogens (tertiary/aromatic N) is 1. The van der Waals surface area contributed by atoms with E-state index in [2.05, 4.69) is 31.2 Å². The molecular formula is C16H15NO2. The molecule has 0 radical (unpaired) electrons. The highest BCUT2D eigenvalue weighted by Gasteiger charge is 2.22. The van der Waals surface area contributed by atoms with E-state index in [0.717, 1.165) is 22.6 Å². The summed E-state index contributed by atoms with van der Waals surface area (Å²) >= 11 is 0. The van der Waals surface area contributed by atoms with Crippen LogP contribution in [0.2, 0.25) is 0 Å². The molecule has 0 N–H and O–H groups in total.